The van der Waals surface area contributed by atoms with Crippen LogP contribution >= 0.6 is 0 Å². The van der Waals surface area contributed by atoms with Crippen LogP contribution in [-0.2, 0) is 4.79 Å². The van der Waals surface area contributed by atoms with Gasteiger partial charge in [-0.1, -0.05) is 12.8 Å². The molecule has 1 fully saturated rings. The largest absolute Gasteiger partial charge is 0.497 e. The molecule has 0 aliphatic heterocycles. The van der Waals surface area contributed by atoms with Gasteiger partial charge < -0.3 is 15.4 Å². The molecule has 0 aromatic heterocycles. The molecule has 4 nitrogen and oxygen atoms in total. The monoisotopic (exact) mass is 262 g/mol. The van der Waals surface area contributed by atoms with Crippen LogP contribution in [0.15, 0.2) is 24.3 Å². The van der Waals surface area contributed by atoms with Gasteiger partial charge in [0.25, 0.3) is 0 Å². The summed E-state index contributed by atoms with van der Waals surface area (Å²) in [5, 5.41) is 0. The van der Waals surface area contributed by atoms with Crippen molar-refractivity contribution in [3.8, 4) is 5.75 Å². The fraction of sp³-hybridized carbons (Fsp3) is 0.533. The molecule has 1 aliphatic rings. The van der Waals surface area contributed by atoms with E-state index in [1.54, 1.807) is 19.1 Å². The average Bonchev–Trinajstić information content (AvgIpc) is 2.84. The topological polar surface area (TPSA) is 55.6 Å². The molecule has 0 atom stereocenters. The van der Waals surface area contributed by atoms with E-state index < -0.39 is 0 Å². The minimum atomic E-state index is -0.294. The van der Waals surface area contributed by atoms with Crippen LogP contribution in [0.25, 0.3) is 0 Å². The van der Waals surface area contributed by atoms with Gasteiger partial charge in [-0.25, -0.2) is 0 Å². The smallest absolute Gasteiger partial charge is 0.228 e. The van der Waals surface area contributed by atoms with Crippen molar-refractivity contribution < 1.29 is 9.53 Å². The van der Waals surface area contributed by atoms with E-state index in [1.807, 2.05) is 24.3 Å². The summed E-state index contributed by atoms with van der Waals surface area (Å²) in [5.41, 5.74) is 6.83. The van der Waals surface area contributed by atoms with Crippen LogP contribution in [0.5, 0.6) is 5.75 Å². The summed E-state index contributed by atoms with van der Waals surface area (Å²) < 4.78 is 5.11. The van der Waals surface area contributed by atoms with Crippen molar-refractivity contribution in [2.24, 2.45) is 5.73 Å². The second-order valence-electron chi connectivity index (χ2n) is 5.40. The number of nitrogens with zero attached hydrogens (tertiary/aromatic N) is 1. The van der Waals surface area contributed by atoms with E-state index in [1.165, 1.54) is 0 Å². The van der Waals surface area contributed by atoms with Gasteiger partial charge in [-0.3, -0.25) is 4.79 Å². The molecule has 0 bridgehead atoms. The Bertz CT molecular complexity index is 436. The lowest BCUT2D eigenvalue weighted by atomic mass is 9.94. The molecule has 0 heterocycles. The van der Waals surface area contributed by atoms with Gasteiger partial charge in [-0.15, -0.1) is 0 Å². The summed E-state index contributed by atoms with van der Waals surface area (Å²) >= 11 is 0. The first-order valence-corrected chi connectivity index (χ1v) is 6.74. The number of rotatable bonds is 4. The zero-order valence-corrected chi connectivity index (χ0v) is 11.7. The number of nitrogens with two attached hydrogens (primary N) is 1. The Kier molecular flexibility index (Phi) is 4.10. The Hall–Kier alpha value is -1.55. The molecule has 19 heavy (non-hydrogen) atoms. The van der Waals surface area contributed by atoms with E-state index in [0.29, 0.717) is 6.42 Å². The second kappa shape index (κ2) is 5.61. The normalized spacial score (nSPS) is 17.2. The molecule has 0 radical (unpaired) electrons. The highest BCUT2D eigenvalue weighted by molar-refractivity contribution is 5.93. The van der Waals surface area contributed by atoms with Crippen LogP contribution in [0.2, 0.25) is 0 Å². The molecule has 104 valence electrons. The van der Waals surface area contributed by atoms with Gasteiger partial charge in [-0.05, 0) is 37.1 Å². The number of benzene rings is 1. The van der Waals surface area contributed by atoms with Gasteiger partial charge in [0, 0.05) is 24.7 Å². The van der Waals surface area contributed by atoms with Crippen LogP contribution in [-0.4, -0.2) is 25.6 Å². The maximum atomic E-state index is 12.3. The molecule has 4 heteroatoms. The van der Waals surface area contributed by atoms with E-state index in [9.17, 15) is 4.79 Å². The quantitative estimate of drug-likeness (QED) is 0.906. The van der Waals surface area contributed by atoms with Crippen LogP contribution < -0.4 is 15.4 Å². The number of amides is 1. The average molecular weight is 262 g/mol. The Morgan fingerprint density at radius 1 is 1.32 bits per heavy atom. The van der Waals surface area contributed by atoms with Crippen molar-refractivity contribution in [2.75, 3.05) is 19.1 Å². The third kappa shape index (κ3) is 3.26. The first-order valence-electron chi connectivity index (χ1n) is 6.74. The first kappa shape index (κ1) is 13.9. The highest BCUT2D eigenvalue weighted by Crippen LogP contribution is 2.31. The van der Waals surface area contributed by atoms with Gasteiger partial charge in [0.05, 0.1) is 7.11 Å². The summed E-state index contributed by atoms with van der Waals surface area (Å²) in [6, 6.07) is 7.48. The summed E-state index contributed by atoms with van der Waals surface area (Å²) in [4.78, 5) is 13.9. The van der Waals surface area contributed by atoms with E-state index in [0.717, 1.165) is 37.1 Å². The van der Waals surface area contributed by atoms with Gasteiger partial charge in [0.15, 0.2) is 0 Å². The van der Waals surface area contributed by atoms with Gasteiger partial charge in [0.1, 0.15) is 5.75 Å². The molecule has 0 spiro atoms. The van der Waals surface area contributed by atoms with Crippen LogP contribution in [0, 0.1) is 0 Å². The predicted octanol–water partition coefficient (Wildman–Crippen LogP) is 2.32. The standard InChI is InChI=1S/C15H22N2O2/c1-17(12-5-7-13(19-2)8-6-12)14(18)11-15(16)9-3-4-10-15/h5-8H,3-4,9-11,16H2,1-2H3. The van der Waals surface area contributed by atoms with Gasteiger partial charge in [0.2, 0.25) is 5.91 Å². The van der Waals surface area contributed by atoms with Crippen LogP contribution in [0.4, 0.5) is 5.69 Å². The molecule has 0 unspecified atom stereocenters. The SMILES string of the molecule is COc1ccc(N(C)C(=O)CC2(N)CCCC2)cc1. The predicted molar refractivity (Wildman–Crippen MR) is 76.4 cm³/mol. The summed E-state index contributed by atoms with van der Waals surface area (Å²) in [6.07, 6.45) is 4.60. The fourth-order valence-corrected chi connectivity index (χ4v) is 2.63. The van der Waals surface area contributed by atoms with Crippen LogP contribution in [0.1, 0.15) is 32.1 Å². The third-order valence-electron chi connectivity index (χ3n) is 3.94. The minimum absolute atomic E-state index is 0.0783. The number of hydrogen-bond donors (Lipinski definition) is 1. The minimum Gasteiger partial charge on any atom is -0.497 e. The van der Waals surface area contributed by atoms with Crippen LogP contribution in [0.3, 0.4) is 0 Å². The zero-order chi connectivity index (χ0) is 13.9. The second-order valence-corrected chi connectivity index (χ2v) is 5.40. The lowest BCUT2D eigenvalue weighted by Crippen LogP contribution is -2.42. The van der Waals surface area contributed by atoms with Gasteiger partial charge >= 0.3 is 0 Å². The molecule has 1 amide bonds. The molecule has 1 aromatic carbocycles. The zero-order valence-electron chi connectivity index (χ0n) is 11.7. The molecule has 1 aliphatic carbocycles. The van der Waals surface area contributed by atoms with Gasteiger partial charge in [-0.2, -0.15) is 0 Å². The third-order valence-corrected chi connectivity index (χ3v) is 3.94. The molecule has 0 saturated heterocycles. The number of methoxy groups -OCH3 is 1. The number of carbonyl (C=O) groups is 1. The van der Waals surface area contributed by atoms with E-state index in [2.05, 4.69) is 0 Å². The lowest BCUT2D eigenvalue weighted by molar-refractivity contribution is -0.119. The Labute approximate surface area is 114 Å². The van der Waals surface area contributed by atoms with Crippen molar-refractivity contribution in [2.45, 2.75) is 37.6 Å². The van der Waals surface area contributed by atoms with E-state index >= 15 is 0 Å². The molecular weight excluding hydrogens is 240 g/mol. The molecule has 2 rings (SSSR count). The number of ether oxygens (including phenoxy) is 1. The number of anilines is 1. The van der Waals surface area contributed by atoms with E-state index in [4.69, 9.17) is 10.5 Å². The molecular formula is C15H22N2O2. The highest BCUT2D eigenvalue weighted by atomic mass is 16.5. The number of carbonyl (C=O) groups excluding carboxylic acids is 1. The Morgan fingerprint density at radius 3 is 2.42 bits per heavy atom. The maximum absolute atomic E-state index is 12.3. The Morgan fingerprint density at radius 2 is 1.89 bits per heavy atom. The molecule has 1 aromatic rings. The van der Waals surface area contributed by atoms with Crippen molar-refractivity contribution in [3.63, 3.8) is 0 Å². The summed E-state index contributed by atoms with van der Waals surface area (Å²) in [6.45, 7) is 0. The summed E-state index contributed by atoms with van der Waals surface area (Å²) in [7, 11) is 3.42. The van der Waals surface area contributed by atoms with Crippen molar-refractivity contribution >= 4 is 11.6 Å². The fourth-order valence-electron chi connectivity index (χ4n) is 2.63. The van der Waals surface area contributed by atoms with Crippen molar-refractivity contribution in [1.82, 2.24) is 0 Å². The highest BCUT2D eigenvalue weighted by Gasteiger charge is 2.32. The first-order chi connectivity index (χ1) is 9.04. The van der Waals surface area contributed by atoms with Crippen molar-refractivity contribution in [1.29, 1.82) is 0 Å². The molecule has 1 saturated carbocycles. The maximum Gasteiger partial charge on any atom is 0.228 e. The Balaban J connectivity index is 2.01. The van der Waals surface area contributed by atoms with Crippen molar-refractivity contribution in [3.05, 3.63) is 24.3 Å². The number of hydrogen-bond acceptors (Lipinski definition) is 3. The molecule has 2 N–H and O–H groups in total. The lowest BCUT2D eigenvalue weighted by Gasteiger charge is -2.26. The summed E-state index contributed by atoms with van der Waals surface area (Å²) in [5.74, 6) is 0.866. The van der Waals surface area contributed by atoms with E-state index in [-0.39, 0.29) is 11.4 Å².